The van der Waals surface area contributed by atoms with Crippen LogP contribution in [0.1, 0.15) is 42.6 Å². The Balaban J connectivity index is 1.91. The van der Waals surface area contributed by atoms with Crippen molar-refractivity contribution in [2.24, 2.45) is 0 Å². The van der Waals surface area contributed by atoms with Crippen molar-refractivity contribution in [3.8, 4) is 11.5 Å². The fourth-order valence-corrected chi connectivity index (χ4v) is 2.46. The highest BCUT2D eigenvalue weighted by molar-refractivity contribution is 5.91. The van der Waals surface area contributed by atoms with Crippen molar-refractivity contribution in [3.63, 3.8) is 0 Å². The molecule has 1 amide bonds. The van der Waals surface area contributed by atoms with Gasteiger partial charge in [0.05, 0.1) is 6.61 Å². The predicted molar refractivity (Wildman–Crippen MR) is 102 cm³/mol. The first-order valence-corrected chi connectivity index (χ1v) is 8.89. The minimum absolute atomic E-state index is 0.141. The number of ether oxygens (including phenoxy) is 2. The third-order valence-corrected chi connectivity index (χ3v) is 3.82. The molecule has 138 valence electrons. The largest absolute Gasteiger partial charge is 0.490 e. The number of carbonyl (C=O) groups is 2. The Bertz CT molecular complexity index is 725. The summed E-state index contributed by atoms with van der Waals surface area (Å²) in [5.41, 5.74) is 2.49. The summed E-state index contributed by atoms with van der Waals surface area (Å²) in [5, 5.41) is 2.81. The SMILES string of the molecule is CCCCc1ccc(NC(=O)COc2ccc(C=O)cc2OCC)cc1. The van der Waals surface area contributed by atoms with Crippen LogP contribution in [-0.4, -0.2) is 25.4 Å². The van der Waals surface area contributed by atoms with E-state index in [1.54, 1.807) is 18.2 Å². The van der Waals surface area contributed by atoms with Crippen LogP contribution in [0.25, 0.3) is 0 Å². The average Bonchev–Trinajstić information content (AvgIpc) is 2.66. The minimum Gasteiger partial charge on any atom is -0.490 e. The molecule has 0 saturated carbocycles. The van der Waals surface area contributed by atoms with Crippen LogP contribution in [0.5, 0.6) is 11.5 Å². The minimum atomic E-state index is -0.256. The fraction of sp³-hybridized carbons (Fsp3) is 0.333. The van der Waals surface area contributed by atoms with E-state index in [-0.39, 0.29) is 12.5 Å². The van der Waals surface area contributed by atoms with Crippen LogP contribution < -0.4 is 14.8 Å². The summed E-state index contributed by atoms with van der Waals surface area (Å²) in [6.07, 6.45) is 4.10. The van der Waals surface area contributed by atoms with Gasteiger partial charge >= 0.3 is 0 Å². The van der Waals surface area contributed by atoms with Crippen LogP contribution in [0.15, 0.2) is 42.5 Å². The normalized spacial score (nSPS) is 10.2. The van der Waals surface area contributed by atoms with E-state index in [1.807, 2.05) is 31.2 Å². The van der Waals surface area contributed by atoms with Crippen molar-refractivity contribution in [1.29, 1.82) is 0 Å². The quantitative estimate of drug-likeness (QED) is 0.647. The van der Waals surface area contributed by atoms with E-state index in [9.17, 15) is 9.59 Å². The van der Waals surface area contributed by atoms with Gasteiger partial charge < -0.3 is 14.8 Å². The molecular formula is C21H25NO4. The molecule has 5 heteroatoms. The fourth-order valence-electron chi connectivity index (χ4n) is 2.46. The molecule has 1 N–H and O–H groups in total. The molecule has 2 rings (SSSR count). The first-order chi connectivity index (χ1) is 12.7. The molecule has 0 saturated heterocycles. The Hall–Kier alpha value is -2.82. The van der Waals surface area contributed by atoms with Gasteiger partial charge in [0.25, 0.3) is 5.91 Å². The number of rotatable bonds is 10. The van der Waals surface area contributed by atoms with E-state index in [4.69, 9.17) is 9.47 Å². The van der Waals surface area contributed by atoms with Crippen LogP contribution in [0.3, 0.4) is 0 Å². The van der Waals surface area contributed by atoms with Gasteiger partial charge in [-0.1, -0.05) is 25.5 Å². The van der Waals surface area contributed by atoms with Gasteiger partial charge in [0, 0.05) is 11.3 Å². The highest BCUT2D eigenvalue weighted by Gasteiger charge is 2.09. The molecule has 0 unspecified atom stereocenters. The number of amides is 1. The van der Waals surface area contributed by atoms with Crippen LogP contribution in [0.4, 0.5) is 5.69 Å². The molecule has 0 aliphatic carbocycles. The summed E-state index contributed by atoms with van der Waals surface area (Å²) in [5.74, 6) is 0.626. The van der Waals surface area contributed by atoms with Crippen molar-refractivity contribution in [3.05, 3.63) is 53.6 Å². The van der Waals surface area contributed by atoms with E-state index in [0.717, 1.165) is 31.2 Å². The summed E-state index contributed by atoms with van der Waals surface area (Å²) in [4.78, 5) is 23.0. The maximum Gasteiger partial charge on any atom is 0.262 e. The lowest BCUT2D eigenvalue weighted by Crippen LogP contribution is -2.20. The Morgan fingerprint density at radius 2 is 1.81 bits per heavy atom. The number of carbonyl (C=O) groups excluding carboxylic acids is 2. The smallest absolute Gasteiger partial charge is 0.262 e. The molecule has 0 bridgehead atoms. The molecule has 2 aromatic rings. The van der Waals surface area contributed by atoms with E-state index in [0.29, 0.717) is 23.7 Å². The number of hydrogen-bond acceptors (Lipinski definition) is 4. The summed E-state index contributed by atoms with van der Waals surface area (Å²) < 4.78 is 11.0. The van der Waals surface area contributed by atoms with Crippen molar-refractivity contribution in [2.75, 3.05) is 18.5 Å². The zero-order valence-electron chi connectivity index (χ0n) is 15.3. The molecule has 0 heterocycles. The van der Waals surface area contributed by atoms with Crippen molar-refractivity contribution >= 4 is 17.9 Å². The molecule has 0 fully saturated rings. The highest BCUT2D eigenvalue weighted by Crippen LogP contribution is 2.28. The first kappa shape index (κ1) is 19.5. The molecule has 0 aliphatic rings. The molecular weight excluding hydrogens is 330 g/mol. The third kappa shape index (κ3) is 5.92. The van der Waals surface area contributed by atoms with E-state index in [2.05, 4.69) is 12.2 Å². The standard InChI is InChI=1S/C21H25NO4/c1-3-5-6-16-7-10-18(11-8-16)22-21(24)15-26-19-12-9-17(14-23)13-20(19)25-4-2/h7-14H,3-6,15H2,1-2H3,(H,22,24). The van der Waals surface area contributed by atoms with E-state index in [1.165, 1.54) is 5.56 Å². The van der Waals surface area contributed by atoms with Gasteiger partial charge in [0.1, 0.15) is 6.29 Å². The first-order valence-electron chi connectivity index (χ1n) is 8.89. The Kier molecular flexibility index (Phi) is 7.68. The number of anilines is 1. The maximum absolute atomic E-state index is 12.1. The van der Waals surface area contributed by atoms with Gasteiger partial charge in [-0.05, 0) is 55.7 Å². The maximum atomic E-state index is 12.1. The number of unbranched alkanes of at least 4 members (excludes halogenated alkanes) is 1. The molecule has 0 aliphatic heterocycles. The second-order valence-electron chi connectivity index (χ2n) is 5.89. The van der Waals surface area contributed by atoms with Gasteiger partial charge in [-0.3, -0.25) is 9.59 Å². The lowest BCUT2D eigenvalue weighted by molar-refractivity contribution is -0.118. The zero-order valence-corrected chi connectivity index (χ0v) is 15.3. The van der Waals surface area contributed by atoms with Gasteiger partial charge in [-0.15, -0.1) is 0 Å². The Morgan fingerprint density at radius 3 is 2.46 bits per heavy atom. The van der Waals surface area contributed by atoms with Crippen molar-refractivity contribution in [1.82, 2.24) is 0 Å². The van der Waals surface area contributed by atoms with Crippen molar-refractivity contribution in [2.45, 2.75) is 33.1 Å². The number of hydrogen-bond donors (Lipinski definition) is 1. The summed E-state index contributed by atoms with van der Waals surface area (Å²) in [7, 11) is 0. The van der Waals surface area contributed by atoms with Gasteiger partial charge in [0.2, 0.25) is 0 Å². The number of benzene rings is 2. The molecule has 0 radical (unpaired) electrons. The van der Waals surface area contributed by atoms with E-state index < -0.39 is 0 Å². The van der Waals surface area contributed by atoms with Gasteiger partial charge in [0.15, 0.2) is 18.1 Å². The summed E-state index contributed by atoms with van der Waals surface area (Å²) in [6.45, 7) is 4.31. The Morgan fingerprint density at radius 1 is 1.04 bits per heavy atom. The van der Waals surface area contributed by atoms with Crippen LogP contribution >= 0.6 is 0 Å². The van der Waals surface area contributed by atoms with Crippen LogP contribution in [0, 0.1) is 0 Å². The number of aryl methyl sites for hydroxylation is 1. The van der Waals surface area contributed by atoms with Crippen molar-refractivity contribution < 1.29 is 19.1 Å². The molecule has 0 spiro atoms. The summed E-state index contributed by atoms with van der Waals surface area (Å²) in [6, 6.07) is 12.7. The molecule has 0 aromatic heterocycles. The topological polar surface area (TPSA) is 64.6 Å². The summed E-state index contributed by atoms with van der Waals surface area (Å²) >= 11 is 0. The van der Waals surface area contributed by atoms with Crippen LogP contribution in [-0.2, 0) is 11.2 Å². The molecule has 26 heavy (non-hydrogen) atoms. The van der Waals surface area contributed by atoms with Crippen LogP contribution in [0.2, 0.25) is 0 Å². The predicted octanol–water partition coefficient (Wildman–Crippen LogP) is 4.26. The zero-order chi connectivity index (χ0) is 18.8. The van der Waals surface area contributed by atoms with Gasteiger partial charge in [-0.2, -0.15) is 0 Å². The Labute approximate surface area is 154 Å². The second kappa shape index (κ2) is 10.2. The number of nitrogens with one attached hydrogen (secondary N) is 1. The van der Waals surface area contributed by atoms with E-state index >= 15 is 0 Å². The second-order valence-corrected chi connectivity index (χ2v) is 5.89. The monoisotopic (exact) mass is 355 g/mol. The average molecular weight is 355 g/mol. The van der Waals surface area contributed by atoms with Gasteiger partial charge in [-0.25, -0.2) is 0 Å². The molecule has 5 nitrogen and oxygen atoms in total. The number of aldehydes is 1. The highest BCUT2D eigenvalue weighted by atomic mass is 16.5. The molecule has 2 aromatic carbocycles. The lowest BCUT2D eigenvalue weighted by Gasteiger charge is -2.12. The molecule has 0 atom stereocenters. The third-order valence-electron chi connectivity index (χ3n) is 3.82. The lowest BCUT2D eigenvalue weighted by atomic mass is 10.1.